The summed E-state index contributed by atoms with van der Waals surface area (Å²) < 4.78 is 51.6. The Morgan fingerprint density at radius 2 is 1.85 bits per heavy atom. The standard InChI is InChI=1S/C13H10F4O3/c14-9-2-1-7(13(15,16)17)5-8(9)12(3-4-12)6-10(18)11(19)20/h1-2,5H,3-4,6H2,(H,19,20). The van der Waals surface area contributed by atoms with Crippen LogP contribution < -0.4 is 0 Å². The summed E-state index contributed by atoms with van der Waals surface area (Å²) in [6.45, 7) is 0. The third-order valence-corrected chi connectivity index (χ3v) is 3.46. The van der Waals surface area contributed by atoms with Gasteiger partial charge in [-0.1, -0.05) is 0 Å². The topological polar surface area (TPSA) is 54.4 Å². The second-order valence-electron chi connectivity index (χ2n) is 4.88. The van der Waals surface area contributed by atoms with E-state index in [1.165, 1.54) is 0 Å². The molecule has 0 radical (unpaired) electrons. The second kappa shape index (κ2) is 4.57. The highest BCUT2D eigenvalue weighted by atomic mass is 19.4. The van der Waals surface area contributed by atoms with Gasteiger partial charge in [0.05, 0.1) is 5.56 Å². The van der Waals surface area contributed by atoms with Crippen LogP contribution in [0.2, 0.25) is 0 Å². The van der Waals surface area contributed by atoms with Crippen molar-refractivity contribution in [3.63, 3.8) is 0 Å². The number of benzene rings is 1. The maximum atomic E-state index is 13.7. The molecule has 3 nitrogen and oxygen atoms in total. The third kappa shape index (κ3) is 2.66. The van der Waals surface area contributed by atoms with Crippen molar-refractivity contribution in [1.82, 2.24) is 0 Å². The number of carbonyl (C=O) groups excluding carboxylic acids is 1. The molecule has 1 saturated carbocycles. The average Bonchev–Trinajstić information content (AvgIpc) is 3.08. The molecule has 1 aliphatic carbocycles. The number of carboxylic acid groups (broad SMARTS) is 1. The zero-order chi connectivity index (χ0) is 15.1. The number of hydrogen-bond acceptors (Lipinski definition) is 2. The molecule has 1 fully saturated rings. The minimum absolute atomic E-state index is 0.234. The molecular weight excluding hydrogens is 280 g/mol. The van der Waals surface area contributed by atoms with Crippen LogP contribution in [-0.4, -0.2) is 16.9 Å². The Balaban J connectivity index is 2.37. The Bertz CT molecular complexity index is 573. The lowest BCUT2D eigenvalue weighted by Crippen LogP contribution is -2.22. The fourth-order valence-electron chi connectivity index (χ4n) is 2.18. The van der Waals surface area contributed by atoms with Crippen molar-refractivity contribution in [1.29, 1.82) is 0 Å². The summed E-state index contributed by atoms with van der Waals surface area (Å²) in [5, 5.41) is 8.55. The van der Waals surface area contributed by atoms with E-state index in [0.717, 1.165) is 0 Å². The normalized spacial score (nSPS) is 16.8. The number of aliphatic carboxylic acids is 1. The van der Waals surface area contributed by atoms with Crippen LogP contribution >= 0.6 is 0 Å². The van der Waals surface area contributed by atoms with Gasteiger partial charge in [-0.25, -0.2) is 9.18 Å². The summed E-state index contributed by atoms with van der Waals surface area (Å²) in [4.78, 5) is 21.7. The predicted molar refractivity (Wildman–Crippen MR) is 59.6 cm³/mol. The van der Waals surface area contributed by atoms with Crippen LogP contribution in [-0.2, 0) is 21.2 Å². The van der Waals surface area contributed by atoms with E-state index in [-0.39, 0.29) is 5.56 Å². The van der Waals surface area contributed by atoms with E-state index >= 15 is 0 Å². The van der Waals surface area contributed by atoms with Crippen molar-refractivity contribution in [2.24, 2.45) is 0 Å². The molecule has 0 aliphatic heterocycles. The molecule has 2 rings (SSSR count). The van der Waals surface area contributed by atoms with Gasteiger partial charge in [0.15, 0.2) is 0 Å². The number of ketones is 1. The van der Waals surface area contributed by atoms with Gasteiger partial charge < -0.3 is 5.11 Å². The van der Waals surface area contributed by atoms with Crippen molar-refractivity contribution in [3.8, 4) is 0 Å². The quantitative estimate of drug-likeness (QED) is 0.685. The maximum absolute atomic E-state index is 13.7. The van der Waals surface area contributed by atoms with E-state index in [2.05, 4.69) is 0 Å². The fourth-order valence-corrected chi connectivity index (χ4v) is 2.18. The Kier molecular flexibility index (Phi) is 3.31. The molecule has 0 unspecified atom stereocenters. The molecule has 0 saturated heterocycles. The Hall–Kier alpha value is -1.92. The van der Waals surface area contributed by atoms with Crippen LogP contribution in [0.4, 0.5) is 17.6 Å². The van der Waals surface area contributed by atoms with Crippen LogP contribution in [0.3, 0.4) is 0 Å². The molecule has 0 bridgehead atoms. The first kappa shape index (κ1) is 14.5. The predicted octanol–water partition coefficient (Wildman–Crippen LogP) is 2.92. The number of alkyl halides is 3. The number of carboxylic acids is 1. The number of hydrogen-bond donors (Lipinski definition) is 1. The highest BCUT2D eigenvalue weighted by Crippen LogP contribution is 2.52. The Labute approximate surface area is 111 Å². The fraction of sp³-hybridized carbons (Fsp3) is 0.385. The number of Topliss-reactive ketones (excluding diaryl/α,β-unsaturated/α-hetero) is 1. The van der Waals surface area contributed by atoms with E-state index in [1.54, 1.807) is 0 Å². The van der Waals surface area contributed by atoms with Crippen molar-refractivity contribution in [2.45, 2.75) is 30.9 Å². The molecule has 0 heterocycles. The van der Waals surface area contributed by atoms with E-state index < -0.39 is 41.1 Å². The van der Waals surface area contributed by atoms with Crippen LogP contribution in [0.5, 0.6) is 0 Å². The van der Waals surface area contributed by atoms with Crippen molar-refractivity contribution in [3.05, 3.63) is 35.1 Å². The molecule has 0 aromatic heterocycles. The molecule has 1 aromatic rings. The van der Waals surface area contributed by atoms with Gasteiger partial charge in [-0.3, -0.25) is 4.79 Å². The SMILES string of the molecule is O=C(O)C(=O)CC1(c2cc(C(F)(F)F)ccc2F)CC1. The third-order valence-electron chi connectivity index (χ3n) is 3.46. The molecule has 20 heavy (non-hydrogen) atoms. The summed E-state index contributed by atoms with van der Waals surface area (Å²) >= 11 is 0. The van der Waals surface area contributed by atoms with Crippen molar-refractivity contribution >= 4 is 11.8 Å². The van der Waals surface area contributed by atoms with Gasteiger partial charge in [0.25, 0.3) is 0 Å². The van der Waals surface area contributed by atoms with Gasteiger partial charge in [-0.05, 0) is 36.6 Å². The summed E-state index contributed by atoms with van der Waals surface area (Å²) in [5.74, 6) is -3.64. The zero-order valence-electron chi connectivity index (χ0n) is 10.1. The summed E-state index contributed by atoms with van der Waals surface area (Å²) in [6, 6.07) is 1.98. The molecular formula is C13H10F4O3. The highest BCUT2D eigenvalue weighted by Gasteiger charge is 2.49. The first-order valence-corrected chi connectivity index (χ1v) is 5.79. The number of halogens is 4. The van der Waals surface area contributed by atoms with E-state index in [0.29, 0.717) is 31.0 Å². The molecule has 1 aliphatic rings. The molecule has 0 amide bonds. The van der Waals surface area contributed by atoms with Gasteiger partial charge >= 0.3 is 12.1 Å². The first-order chi connectivity index (χ1) is 9.16. The van der Waals surface area contributed by atoms with Crippen LogP contribution in [0, 0.1) is 5.82 Å². The maximum Gasteiger partial charge on any atom is 0.416 e. The van der Waals surface area contributed by atoms with Gasteiger partial charge in [0.2, 0.25) is 5.78 Å². The van der Waals surface area contributed by atoms with Crippen LogP contribution in [0.15, 0.2) is 18.2 Å². The molecule has 7 heteroatoms. The first-order valence-electron chi connectivity index (χ1n) is 5.79. The van der Waals surface area contributed by atoms with Gasteiger partial charge in [0, 0.05) is 11.8 Å². The molecule has 1 aromatic carbocycles. The second-order valence-corrected chi connectivity index (χ2v) is 4.88. The lowest BCUT2D eigenvalue weighted by Gasteiger charge is -2.17. The lowest BCUT2D eigenvalue weighted by molar-refractivity contribution is -0.149. The highest BCUT2D eigenvalue weighted by molar-refractivity contribution is 6.33. The number of carbonyl (C=O) groups is 2. The van der Waals surface area contributed by atoms with Gasteiger partial charge in [-0.15, -0.1) is 0 Å². The Morgan fingerprint density at radius 1 is 1.25 bits per heavy atom. The zero-order valence-corrected chi connectivity index (χ0v) is 10.1. The average molecular weight is 290 g/mol. The van der Waals surface area contributed by atoms with Crippen molar-refractivity contribution < 1.29 is 32.3 Å². The smallest absolute Gasteiger partial charge is 0.416 e. The van der Waals surface area contributed by atoms with Crippen LogP contribution in [0.25, 0.3) is 0 Å². The summed E-state index contributed by atoms with van der Waals surface area (Å²) in [7, 11) is 0. The lowest BCUT2D eigenvalue weighted by atomic mass is 9.89. The minimum atomic E-state index is -4.62. The number of rotatable bonds is 4. The summed E-state index contributed by atoms with van der Waals surface area (Å²) in [6.07, 6.45) is -4.51. The monoisotopic (exact) mass is 290 g/mol. The van der Waals surface area contributed by atoms with Crippen LogP contribution in [0.1, 0.15) is 30.4 Å². The van der Waals surface area contributed by atoms with Gasteiger partial charge in [0.1, 0.15) is 5.82 Å². The van der Waals surface area contributed by atoms with Crippen molar-refractivity contribution in [2.75, 3.05) is 0 Å². The summed E-state index contributed by atoms with van der Waals surface area (Å²) in [5.41, 5.74) is -2.36. The van der Waals surface area contributed by atoms with E-state index in [9.17, 15) is 27.2 Å². The van der Waals surface area contributed by atoms with E-state index in [1.807, 2.05) is 0 Å². The van der Waals surface area contributed by atoms with Gasteiger partial charge in [-0.2, -0.15) is 13.2 Å². The molecule has 0 spiro atoms. The minimum Gasteiger partial charge on any atom is -0.476 e. The molecule has 108 valence electrons. The molecule has 1 N–H and O–H groups in total. The van der Waals surface area contributed by atoms with E-state index in [4.69, 9.17) is 5.11 Å². The Morgan fingerprint density at radius 3 is 2.30 bits per heavy atom. The molecule has 0 atom stereocenters. The largest absolute Gasteiger partial charge is 0.476 e.